The molecule has 186 valence electrons. The highest BCUT2D eigenvalue weighted by molar-refractivity contribution is 6.51. The first-order valence-electron chi connectivity index (χ1n) is 10.8. The molecule has 9 heteroatoms. The average molecular weight is 499 g/mol. The van der Waals surface area contributed by atoms with Crippen LogP contribution in [-0.4, -0.2) is 23.9 Å². The van der Waals surface area contributed by atoms with Gasteiger partial charge in [0.2, 0.25) is 0 Å². The molecule has 1 aliphatic heterocycles. The topological polar surface area (TPSA) is 66.8 Å². The van der Waals surface area contributed by atoms with Gasteiger partial charge in [0, 0.05) is 16.8 Å². The Balaban J connectivity index is 1.96. The van der Waals surface area contributed by atoms with Crippen molar-refractivity contribution in [2.75, 3.05) is 12.0 Å². The number of anilines is 1. The molecule has 1 N–H and O–H groups in total. The third-order valence-corrected chi connectivity index (χ3v) is 6.11. The number of ether oxygens (including phenoxy) is 1. The summed E-state index contributed by atoms with van der Waals surface area (Å²) >= 11 is 0. The minimum atomic E-state index is -4.61. The third-order valence-electron chi connectivity index (χ3n) is 6.11. The number of nitrogens with zero attached hydrogens (tertiary/aromatic N) is 1. The van der Waals surface area contributed by atoms with Gasteiger partial charge in [-0.3, -0.25) is 14.5 Å². The van der Waals surface area contributed by atoms with Crippen LogP contribution in [0.3, 0.4) is 0 Å². The highest BCUT2D eigenvalue weighted by atomic mass is 19.4. The first kappa shape index (κ1) is 25.0. The molecule has 1 unspecified atom stereocenters. The second-order valence-electron chi connectivity index (χ2n) is 8.37. The Morgan fingerprint density at radius 3 is 2.19 bits per heavy atom. The van der Waals surface area contributed by atoms with Crippen LogP contribution in [0.1, 0.15) is 33.9 Å². The summed E-state index contributed by atoms with van der Waals surface area (Å²) in [6.07, 6.45) is -4.61. The third kappa shape index (κ3) is 4.21. The minimum Gasteiger partial charge on any atom is -0.507 e. The van der Waals surface area contributed by atoms with Crippen LogP contribution in [0, 0.1) is 19.7 Å². The van der Waals surface area contributed by atoms with Crippen LogP contribution < -0.4 is 9.64 Å². The van der Waals surface area contributed by atoms with Gasteiger partial charge in [-0.25, -0.2) is 4.39 Å². The Morgan fingerprint density at radius 2 is 1.61 bits per heavy atom. The lowest BCUT2D eigenvalue weighted by atomic mass is 9.92. The van der Waals surface area contributed by atoms with Gasteiger partial charge < -0.3 is 9.84 Å². The van der Waals surface area contributed by atoms with Gasteiger partial charge in [0.25, 0.3) is 11.7 Å². The number of hydrogen-bond acceptors (Lipinski definition) is 4. The number of hydrogen-bond donors (Lipinski definition) is 1. The fraction of sp³-hybridized carbons (Fsp3) is 0.185. The van der Waals surface area contributed by atoms with Crippen LogP contribution in [-0.2, 0) is 15.8 Å². The zero-order valence-corrected chi connectivity index (χ0v) is 19.5. The van der Waals surface area contributed by atoms with Gasteiger partial charge in [-0.05, 0) is 67.4 Å². The number of aliphatic hydroxyl groups is 1. The quantitative estimate of drug-likeness (QED) is 0.204. The van der Waals surface area contributed by atoms with Crippen LogP contribution in [0.25, 0.3) is 5.76 Å². The average Bonchev–Trinajstić information content (AvgIpc) is 3.09. The molecule has 0 aliphatic carbocycles. The summed E-state index contributed by atoms with van der Waals surface area (Å²) in [6, 6.07) is 10.8. The maximum atomic E-state index is 15.0. The number of ketones is 1. The van der Waals surface area contributed by atoms with Gasteiger partial charge in [0.15, 0.2) is 0 Å². The molecule has 1 amide bonds. The zero-order valence-electron chi connectivity index (χ0n) is 19.5. The first-order valence-corrected chi connectivity index (χ1v) is 10.8. The van der Waals surface area contributed by atoms with E-state index < -0.39 is 41.0 Å². The number of carbonyl (C=O) groups excluding carboxylic acids is 2. The predicted molar refractivity (Wildman–Crippen MR) is 125 cm³/mol. The van der Waals surface area contributed by atoms with Crippen molar-refractivity contribution in [1.82, 2.24) is 0 Å². The second kappa shape index (κ2) is 9.14. The molecule has 1 saturated heterocycles. The van der Waals surface area contributed by atoms with E-state index in [0.717, 1.165) is 35.2 Å². The normalized spacial score (nSPS) is 17.5. The molecule has 0 radical (unpaired) electrons. The molecule has 3 aromatic rings. The molecular formula is C27H21F4NO4. The molecular weight excluding hydrogens is 478 g/mol. The molecule has 0 spiro atoms. The number of aryl methyl sites for hydroxylation is 2. The number of rotatable bonds is 4. The molecule has 1 heterocycles. The van der Waals surface area contributed by atoms with Gasteiger partial charge in [0.05, 0.1) is 24.3 Å². The van der Waals surface area contributed by atoms with Crippen molar-refractivity contribution in [3.05, 3.63) is 99.9 Å². The summed E-state index contributed by atoms with van der Waals surface area (Å²) in [5.74, 6) is -2.94. The standard InChI is InChI=1S/C27H21F4NO4/c1-14-13-21(36-3)15(2)12-19(14)24(33)22-23(18-6-4-5-7-20(18)28)32(26(35)25(22)34)17-10-8-16(9-11-17)27(29,30)31/h4-13,23,33H,1-3H3/b24-22+. The van der Waals surface area contributed by atoms with Gasteiger partial charge in [-0.2, -0.15) is 13.2 Å². The Hall–Kier alpha value is -4.14. The van der Waals surface area contributed by atoms with Crippen LogP contribution in [0.15, 0.2) is 66.2 Å². The number of alkyl halides is 3. The highest BCUT2D eigenvalue weighted by Gasteiger charge is 2.48. The van der Waals surface area contributed by atoms with Crippen LogP contribution in [0.5, 0.6) is 5.75 Å². The Morgan fingerprint density at radius 1 is 0.972 bits per heavy atom. The summed E-state index contributed by atoms with van der Waals surface area (Å²) in [4.78, 5) is 27.3. The second-order valence-corrected chi connectivity index (χ2v) is 8.37. The lowest BCUT2D eigenvalue weighted by Gasteiger charge is -2.26. The smallest absolute Gasteiger partial charge is 0.416 e. The van der Waals surface area contributed by atoms with Gasteiger partial charge in [0.1, 0.15) is 17.3 Å². The summed E-state index contributed by atoms with van der Waals surface area (Å²) in [5, 5.41) is 11.3. The van der Waals surface area contributed by atoms with Crippen LogP contribution >= 0.6 is 0 Å². The molecule has 36 heavy (non-hydrogen) atoms. The van der Waals surface area contributed by atoms with E-state index >= 15 is 0 Å². The number of benzene rings is 3. The Labute approximate surface area is 204 Å². The van der Waals surface area contributed by atoms with Crippen molar-refractivity contribution in [3.63, 3.8) is 0 Å². The van der Waals surface area contributed by atoms with Gasteiger partial charge in [-0.15, -0.1) is 0 Å². The van der Waals surface area contributed by atoms with Crippen molar-refractivity contribution in [2.45, 2.75) is 26.1 Å². The van der Waals surface area contributed by atoms with Crippen molar-refractivity contribution in [1.29, 1.82) is 0 Å². The molecule has 0 saturated carbocycles. The number of aliphatic hydroxyl groups excluding tert-OH is 1. The Kier molecular flexibility index (Phi) is 6.34. The lowest BCUT2D eigenvalue weighted by Crippen LogP contribution is -2.30. The van der Waals surface area contributed by atoms with Crippen molar-refractivity contribution in [3.8, 4) is 5.75 Å². The molecule has 5 nitrogen and oxygen atoms in total. The molecule has 0 aromatic heterocycles. The molecule has 1 fully saturated rings. The van der Waals surface area contributed by atoms with E-state index in [2.05, 4.69) is 0 Å². The van der Waals surface area contributed by atoms with E-state index in [9.17, 15) is 32.3 Å². The lowest BCUT2D eigenvalue weighted by molar-refractivity contribution is -0.137. The zero-order chi connectivity index (χ0) is 26.4. The maximum Gasteiger partial charge on any atom is 0.416 e. The van der Waals surface area contributed by atoms with Crippen molar-refractivity contribution in [2.24, 2.45) is 0 Å². The van der Waals surface area contributed by atoms with Gasteiger partial charge in [-0.1, -0.05) is 18.2 Å². The number of carbonyl (C=O) groups is 2. The summed E-state index contributed by atoms with van der Waals surface area (Å²) in [6.45, 7) is 3.39. The first-order chi connectivity index (χ1) is 17.0. The van der Waals surface area contributed by atoms with Crippen LogP contribution in [0.2, 0.25) is 0 Å². The fourth-order valence-electron chi connectivity index (χ4n) is 4.31. The number of Topliss-reactive ketones (excluding diaryl/α,β-unsaturated/α-hetero) is 1. The molecule has 4 rings (SSSR count). The summed E-state index contributed by atoms with van der Waals surface area (Å²) in [5.41, 5.74) is -0.0690. The summed E-state index contributed by atoms with van der Waals surface area (Å²) in [7, 11) is 1.48. The molecule has 3 aromatic carbocycles. The van der Waals surface area contributed by atoms with E-state index in [1.54, 1.807) is 26.0 Å². The number of halogens is 4. The van der Waals surface area contributed by atoms with Crippen molar-refractivity contribution >= 4 is 23.1 Å². The monoisotopic (exact) mass is 499 g/mol. The predicted octanol–water partition coefficient (Wildman–Crippen LogP) is 6.10. The SMILES string of the molecule is COc1cc(C)c(/C(O)=C2\C(=O)C(=O)N(c3ccc(C(F)(F)F)cc3)C2c2ccccc2F)cc1C. The largest absolute Gasteiger partial charge is 0.507 e. The van der Waals surface area contributed by atoms with E-state index in [1.165, 1.54) is 25.3 Å². The van der Waals surface area contributed by atoms with E-state index in [1.807, 2.05) is 0 Å². The molecule has 0 bridgehead atoms. The molecule has 1 atom stereocenters. The van der Waals surface area contributed by atoms with Gasteiger partial charge >= 0.3 is 6.18 Å². The maximum absolute atomic E-state index is 15.0. The van der Waals surface area contributed by atoms with Crippen molar-refractivity contribution < 1.29 is 37.0 Å². The minimum absolute atomic E-state index is 0.0555. The summed E-state index contributed by atoms with van der Waals surface area (Å²) < 4.78 is 59.5. The highest BCUT2D eigenvalue weighted by Crippen LogP contribution is 2.44. The number of methoxy groups -OCH3 is 1. The van der Waals surface area contributed by atoms with E-state index in [4.69, 9.17) is 4.74 Å². The molecule has 1 aliphatic rings. The Bertz CT molecular complexity index is 1390. The number of amides is 1. The van der Waals surface area contributed by atoms with E-state index in [-0.39, 0.29) is 22.4 Å². The van der Waals surface area contributed by atoms with E-state index in [0.29, 0.717) is 16.9 Å². The van der Waals surface area contributed by atoms with Crippen LogP contribution in [0.4, 0.5) is 23.2 Å². The fourth-order valence-corrected chi connectivity index (χ4v) is 4.31.